The lowest BCUT2D eigenvalue weighted by Gasteiger charge is -2.16. The largest absolute Gasteiger partial charge is 0.488 e. The number of rotatable bonds is 7. The van der Waals surface area contributed by atoms with Crippen LogP contribution in [0.2, 0.25) is 0 Å². The van der Waals surface area contributed by atoms with Gasteiger partial charge >= 0.3 is 5.97 Å². The van der Waals surface area contributed by atoms with Crippen molar-refractivity contribution in [3.8, 4) is 5.75 Å². The molecule has 32 heavy (non-hydrogen) atoms. The van der Waals surface area contributed by atoms with E-state index in [4.69, 9.17) is 9.47 Å². The van der Waals surface area contributed by atoms with Crippen LogP contribution in [0, 0.1) is 0 Å². The third-order valence-corrected chi connectivity index (χ3v) is 5.57. The quantitative estimate of drug-likeness (QED) is 0.483. The van der Waals surface area contributed by atoms with Crippen LogP contribution in [0.5, 0.6) is 5.75 Å². The molecule has 4 nitrogen and oxygen atoms in total. The maximum atomic E-state index is 12.7. The molecule has 0 bridgehead atoms. The van der Waals surface area contributed by atoms with Crippen molar-refractivity contribution < 1.29 is 14.3 Å². The zero-order valence-electron chi connectivity index (χ0n) is 18.7. The van der Waals surface area contributed by atoms with E-state index < -0.39 is 0 Å². The van der Waals surface area contributed by atoms with E-state index in [1.807, 2.05) is 54.6 Å². The topological polar surface area (TPSA) is 38.8 Å². The number of hydrogen-bond acceptors (Lipinski definition) is 4. The van der Waals surface area contributed by atoms with Crippen molar-refractivity contribution in [2.75, 3.05) is 20.6 Å². The average Bonchev–Trinajstić information content (AvgIpc) is 2.96. The number of esters is 1. The highest BCUT2D eigenvalue weighted by Crippen LogP contribution is 2.39. The third kappa shape index (κ3) is 5.27. The molecule has 0 N–H and O–H groups in total. The molecule has 0 amide bonds. The van der Waals surface area contributed by atoms with Gasteiger partial charge in [-0.3, -0.25) is 4.79 Å². The predicted octanol–water partition coefficient (Wildman–Crippen LogP) is 5.25. The van der Waals surface area contributed by atoms with Crippen molar-refractivity contribution in [2.24, 2.45) is 0 Å². The van der Waals surface area contributed by atoms with Gasteiger partial charge in [0.25, 0.3) is 0 Å². The molecule has 0 radical (unpaired) electrons. The normalized spacial score (nSPS) is 13.8. The highest BCUT2D eigenvalue weighted by atomic mass is 16.5. The van der Waals surface area contributed by atoms with Crippen LogP contribution in [0.1, 0.15) is 34.2 Å². The summed E-state index contributed by atoms with van der Waals surface area (Å²) in [6.45, 7) is 1.73. The Balaban J connectivity index is 1.64. The summed E-state index contributed by atoms with van der Waals surface area (Å²) in [7, 11) is 4.15. The summed E-state index contributed by atoms with van der Waals surface area (Å²) < 4.78 is 11.7. The summed E-state index contributed by atoms with van der Waals surface area (Å²) >= 11 is 0. The lowest BCUT2D eigenvalue weighted by atomic mass is 9.89. The van der Waals surface area contributed by atoms with Gasteiger partial charge in [0.1, 0.15) is 19.0 Å². The Bertz CT molecular complexity index is 1100. The number of benzene rings is 3. The molecule has 0 aliphatic carbocycles. The van der Waals surface area contributed by atoms with E-state index in [9.17, 15) is 4.79 Å². The first-order chi connectivity index (χ1) is 15.6. The molecule has 0 fully saturated rings. The van der Waals surface area contributed by atoms with Crippen LogP contribution in [-0.2, 0) is 29.2 Å². The van der Waals surface area contributed by atoms with Crippen molar-refractivity contribution in [3.05, 3.63) is 107 Å². The molecule has 164 valence electrons. The second-order valence-electron chi connectivity index (χ2n) is 8.27. The van der Waals surface area contributed by atoms with Crippen LogP contribution < -0.4 is 4.74 Å². The lowest BCUT2D eigenvalue weighted by Crippen LogP contribution is -2.12. The Labute approximate surface area is 190 Å². The van der Waals surface area contributed by atoms with Gasteiger partial charge in [-0.05, 0) is 54.4 Å². The molecule has 1 aliphatic rings. The molecule has 3 aromatic carbocycles. The SMILES string of the molecule is CN(C)CC/C=C1/c2ccccc2COc2cccc(CC(=O)OCc3ccccc3)c21. The van der Waals surface area contributed by atoms with Crippen LogP contribution in [-0.4, -0.2) is 31.5 Å². The summed E-state index contributed by atoms with van der Waals surface area (Å²) in [6.07, 6.45) is 3.38. The van der Waals surface area contributed by atoms with E-state index in [0.29, 0.717) is 6.61 Å². The average molecular weight is 428 g/mol. The van der Waals surface area contributed by atoms with Crippen molar-refractivity contribution >= 4 is 11.5 Å². The second kappa shape index (κ2) is 10.3. The Hall–Kier alpha value is -3.37. The Morgan fingerprint density at radius 1 is 1.00 bits per heavy atom. The molecule has 0 atom stereocenters. The molecule has 4 heteroatoms. The predicted molar refractivity (Wildman–Crippen MR) is 127 cm³/mol. The van der Waals surface area contributed by atoms with E-state index in [0.717, 1.165) is 52.1 Å². The molecule has 3 aromatic rings. The lowest BCUT2D eigenvalue weighted by molar-refractivity contribution is -0.144. The van der Waals surface area contributed by atoms with Gasteiger partial charge in [0.15, 0.2) is 0 Å². The molecule has 0 spiro atoms. The maximum Gasteiger partial charge on any atom is 0.310 e. The number of nitrogens with zero attached hydrogens (tertiary/aromatic N) is 1. The van der Waals surface area contributed by atoms with Gasteiger partial charge in [-0.1, -0.05) is 72.8 Å². The number of hydrogen-bond donors (Lipinski definition) is 0. The first-order valence-electron chi connectivity index (χ1n) is 11.0. The highest BCUT2D eigenvalue weighted by molar-refractivity contribution is 5.88. The Morgan fingerprint density at radius 3 is 2.59 bits per heavy atom. The van der Waals surface area contributed by atoms with Crippen LogP contribution in [0.3, 0.4) is 0 Å². The molecule has 1 heterocycles. The van der Waals surface area contributed by atoms with E-state index in [-0.39, 0.29) is 19.0 Å². The highest BCUT2D eigenvalue weighted by Gasteiger charge is 2.23. The van der Waals surface area contributed by atoms with Gasteiger partial charge in [-0.2, -0.15) is 0 Å². The first kappa shape index (κ1) is 21.8. The standard InChI is InChI=1S/C28H29NO3/c1-29(2)17-9-15-25-24-14-7-6-12-23(24)20-31-26-16-8-13-22(28(25)26)18-27(30)32-19-21-10-4-3-5-11-21/h3-8,10-16H,9,17-20H2,1-2H3/b25-15-. The van der Waals surface area contributed by atoms with E-state index in [2.05, 4.69) is 43.3 Å². The van der Waals surface area contributed by atoms with Crippen molar-refractivity contribution in [2.45, 2.75) is 26.1 Å². The molecule has 1 aliphatic heterocycles. The van der Waals surface area contributed by atoms with Crippen molar-refractivity contribution in [3.63, 3.8) is 0 Å². The summed E-state index contributed by atoms with van der Waals surface area (Å²) in [5.41, 5.74) is 6.34. The summed E-state index contributed by atoms with van der Waals surface area (Å²) in [4.78, 5) is 14.9. The Kier molecular flexibility index (Phi) is 7.03. The van der Waals surface area contributed by atoms with Crippen molar-refractivity contribution in [1.82, 2.24) is 4.90 Å². The van der Waals surface area contributed by atoms with Crippen LogP contribution in [0.15, 0.2) is 78.9 Å². The molecule has 4 rings (SSSR count). The van der Waals surface area contributed by atoms with Gasteiger partial charge in [0, 0.05) is 12.1 Å². The number of carbonyl (C=O) groups is 1. The Morgan fingerprint density at radius 2 is 1.78 bits per heavy atom. The number of ether oxygens (including phenoxy) is 2. The maximum absolute atomic E-state index is 12.7. The smallest absolute Gasteiger partial charge is 0.310 e. The van der Waals surface area contributed by atoms with Gasteiger partial charge in [-0.25, -0.2) is 0 Å². The van der Waals surface area contributed by atoms with Gasteiger partial charge in [0.05, 0.1) is 6.42 Å². The fourth-order valence-electron chi connectivity index (χ4n) is 3.97. The van der Waals surface area contributed by atoms with E-state index in [1.54, 1.807) is 0 Å². The summed E-state index contributed by atoms with van der Waals surface area (Å²) in [6, 6.07) is 24.0. The monoisotopic (exact) mass is 427 g/mol. The minimum absolute atomic E-state index is 0.201. The molecule has 0 aromatic heterocycles. The molecule has 0 unspecified atom stereocenters. The summed E-state index contributed by atoms with van der Waals surface area (Å²) in [5.74, 6) is 0.568. The molecule has 0 saturated carbocycles. The number of carbonyl (C=O) groups excluding carboxylic acids is 1. The van der Waals surface area contributed by atoms with Crippen LogP contribution >= 0.6 is 0 Å². The second-order valence-corrected chi connectivity index (χ2v) is 8.27. The third-order valence-electron chi connectivity index (χ3n) is 5.57. The minimum Gasteiger partial charge on any atom is -0.488 e. The number of fused-ring (bicyclic) bond motifs is 2. The van der Waals surface area contributed by atoms with Gasteiger partial charge < -0.3 is 14.4 Å². The molecular weight excluding hydrogens is 398 g/mol. The molecular formula is C28H29NO3. The zero-order valence-corrected chi connectivity index (χ0v) is 18.7. The minimum atomic E-state index is -0.243. The van der Waals surface area contributed by atoms with Gasteiger partial charge in [0.2, 0.25) is 0 Å². The van der Waals surface area contributed by atoms with E-state index in [1.165, 1.54) is 0 Å². The first-order valence-corrected chi connectivity index (χ1v) is 11.0. The van der Waals surface area contributed by atoms with Crippen LogP contribution in [0.4, 0.5) is 0 Å². The fourth-order valence-corrected chi connectivity index (χ4v) is 3.97. The fraction of sp³-hybridized carbons (Fsp3) is 0.250. The van der Waals surface area contributed by atoms with Gasteiger partial charge in [-0.15, -0.1) is 0 Å². The molecule has 0 saturated heterocycles. The van der Waals surface area contributed by atoms with Crippen molar-refractivity contribution in [1.29, 1.82) is 0 Å². The summed E-state index contributed by atoms with van der Waals surface area (Å²) in [5, 5.41) is 0. The van der Waals surface area contributed by atoms with E-state index >= 15 is 0 Å². The van der Waals surface area contributed by atoms with Crippen LogP contribution in [0.25, 0.3) is 5.57 Å². The zero-order chi connectivity index (χ0) is 22.3.